The lowest BCUT2D eigenvalue weighted by atomic mass is 9.84. The smallest absolute Gasteiger partial charge is 0.0512 e. The number of aliphatic hydroxyl groups is 2. The molecule has 0 aliphatic heterocycles. The van der Waals surface area contributed by atoms with E-state index in [0.29, 0.717) is 6.42 Å². The van der Waals surface area contributed by atoms with Gasteiger partial charge >= 0.3 is 0 Å². The summed E-state index contributed by atoms with van der Waals surface area (Å²) in [6, 6.07) is 0. The van der Waals surface area contributed by atoms with Crippen molar-refractivity contribution >= 4 is 0 Å². The minimum Gasteiger partial charge on any atom is -0.396 e. The summed E-state index contributed by atoms with van der Waals surface area (Å²) >= 11 is 0. The first-order chi connectivity index (χ1) is 4.74. The molecule has 0 aliphatic rings. The molecule has 0 aliphatic carbocycles. The topological polar surface area (TPSA) is 40.5 Å². The van der Waals surface area contributed by atoms with Crippen molar-refractivity contribution < 1.29 is 10.2 Å². The Labute approximate surface area is 62.2 Å². The summed E-state index contributed by atoms with van der Waals surface area (Å²) in [6.45, 7) is 5.59. The van der Waals surface area contributed by atoms with E-state index in [1.54, 1.807) is 6.08 Å². The summed E-state index contributed by atoms with van der Waals surface area (Å²) in [5, 5.41) is 17.8. The average molecular weight is 144 g/mol. The highest BCUT2D eigenvalue weighted by atomic mass is 16.3. The van der Waals surface area contributed by atoms with Crippen molar-refractivity contribution in [3.8, 4) is 0 Å². The van der Waals surface area contributed by atoms with Crippen molar-refractivity contribution in [2.75, 3.05) is 13.2 Å². The van der Waals surface area contributed by atoms with Crippen LogP contribution < -0.4 is 0 Å². The number of aliphatic hydroxyl groups excluding tert-OH is 2. The average Bonchev–Trinajstić information content (AvgIpc) is 2.01. The van der Waals surface area contributed by atoms with Gasteiger partial charge in [0, 0.05) is 5.41 Å². The Morgan fingerprint density at radius 3 is 2.00 bits per heavy atom. The number of rotatable bonds is 5. The molecule has 0 heterocycles. The lowest BCUT2D eigenvalue weighted by molar-refractivity contribution is 0.0537. The molecular weight excluding hydrogens is 128 g/mol. The number of allylic oxidation sites excluding steroid dienone is 1. The van der Waals surface area contributed by atoms with Gasteiger partial charge in [-0.1, -0.05) is 13.0 Å². The molecule has 0 aromatic rings. The van der Waals surface area contributed by atoms with E-state index in [0.717, 1.165) is 6.42 Å². The van der Waals surface area contributed by atoms with Gasteiger partial charge in [-0.15, -0.1) is 6.58 Å². The normalized spacial score (nSPS) is 11.5. The van der Waals surface area contributed by atoms with Gasteiger partial charge in [-0.25, -0.2) is 0 Å². The Morgan fingerprint density at radius 1 is 1.40 bits per heavy atom. The summed E-state index contributed by atoms with van der Waals surface area (Å²) in [7, 11) is 0. The predicted molar refractivity (Wildman–Crippen MR) is 41.7 cm³/mol. The van der Waals surface area contributed by atoms with E-state index in [1.165, 1.54) is 0 Å². The van der Waals surface area contributed by atoms with Gasteiger partial charge in [0.25, 0.3) is 0 Å². The Bertz CT molecular complexity index is 87.2. The summed E-state index contributed by atoms with van der Waals surface area (Å²) in [5.41, 5.74) is -0.332. The molecule has 2 heteroatoms. The highest BCUT2D eigenvalue weighted by Crippen LogP contribution is 2.24. The van der Waals surface area contributed by atoms with Crippen molar-refractivity contribution in [2.45, 2.75) is 19.8 Å². The molecule has 2 nitrogen and oxygen atoms in total. The van der Waals surface area contributed by atoms with E-state index in [9.17, 15) is 0 Å². The fourth-order valence-corrected chi connectivity index (χ4v) is 0.853. The molecule has 0 atom stereocenters. The summed E-state index contributed by atoms with van der Waals surface area (Å²) in [6.07, 6.45) is 3.19. The van der Waals surface area contributed by atoms with Crippen LogP contribution in [-0.2, 0) is 0 Å². The zero-order chi connectivity index (χ0) is 8.04. The monoisotopic (exact) mass is 144 g/mol. The zero-order valence-electron chi connectivity index (χ0n) is 6.51. The van der Waals surface area contributed by atoms with Gasteiger partial charge in [-0.05, 0) is 12.8 Å². The van der Waals surface area contributed by atoms with E-state index < -0.39 is 0 Å². The molecule has 0 aromatic carbocycles. The van der Waals surface area contributed by atoms with E-state index in [2.05, 4.69) is 6.58 Å². The van der Waals surface area contributed by atoms with Gasteiger partial charge in [-0.2, -0.15) is 0 Å². The largest absolute Gasteiger partial charge is 0.396 e. The van der Waals surface area contributed by atoms with Gasteiger partial charge < -0.3 is 10.2 Å². The lowest BCUT2D eigenvalue weighted by Gasteiger charge is -2.26. The molecule has 0 bridgehead atoms. The van der Waals surface area contributed by atoms with Crippen molar-refractivity contribution in [3.05, 3.63) is 12.7 Å². The molecule has 2 N–H and O–H groups in total. The molecule has 0 radical (unpaired) electrons. The van der Waals surface area contributed by atoms with Crippen LogP contribution in [0.5, 0.6) is 0 Å². The molecule has 0 aromatic heterocycles. The molecule has 60 valence electrons. The summed E-state index contributed by atoms with van der Waals surface area (Å²) < 4.78 is 0. The highest BCUT2D eigenvalue weighted by molar-refractivity contribution is 4.84. The van der Waals surface area contributed by atoms with Gasteiger partial charge in [0.15, 0.2) is 0 Å². The second-order valence-corrected chi connectivity index (χ2v) is 2.66. The maximum Gasteiger partial charge on any atom is 0.0512 e. The van der Waals surface area contributed by atoms with Crippen LogP contribution in [0, 0.1) is 5.41 Å². The first kappa shape index (κ1) is 9.66. The molecular formula is C8H16O2. The third-order valence-corrected chi connectivity index (χ3v) is 2.00. The Morgan fingerprint density at radius 2 is 1.90 bits per heavy atom. The van der Waals surface area contributed by atoms with E-state index in [4.69, 9.17) is 10.2 Å². The predicted octanol–water partition coefficient (Wildman–Crippen LogP) is 0.944. The van der Waals surface area contributed by atoms with Crippen molar-refractivity contribution in [2.24, 2.45) is 5.41 Å². The first-order valence-corrected chi connectivity index (χ1v) is 3.57. The van der Waals surface area contributed by atoms with Gasteiger partial charge in [0.05, 0.1) is 13.2 Å². The van der Waals surface area contributed by atoms with Crippen molar-refractivity contribution in [1.29, 1.82) is 0 Å². The molecule has 0 rings (SSSR count). The first-order valence-electron chi connectivity index (χ1n) is 3.57. The van der Waals surface area contributed by atoms with E-state index in [1.807, 2.05) is 6.92 Å². The second kappa shape index (κ2) is 4.47. The summed E-state index contributed by atoms with van der Waals surface area (Å²) in [4.78, 5) is 0. The van der Waals surface area contributed by atoms with Gasteiger partial charge in [0.2, 0.25) is 0 Å². The third-order valence-electron chi connectivity index (χ3n) is 2.00. The fraction of sp³-hybridized carbons (Fsp3) is 0.750. The maximum atomic E-state index is 8.90. The van der Waals surface area contributed by atoms with Crippen LogP contribution in [-0.4, -0.2) is 23.4 Å². The maximum absolute atomic E-state index is 8.90. The van der Waals surface area contributed by atoms with E-state index >= 15 is 0 Å². The molecule has 0 spiro atoms. The van der Waals surface area contributed by atoms with Crippen LogP contribution in [0.25, 0.3) is 0 Å². The molecule has 0 saturated carbocycles. The lowest BCUT2D eigenvalue weighted by Crippen LogP contribution is -2.28. The Hall–Kier alpha value is -0.340. The second-order valence-electron chi connectivity index (χ2n) is 2.66. The Balaban J connectivity index is 4.00. The van der Waals surface area contributed by atoms with Crippen LogP contribution in [0.3, 0.4) is 0 Å². The fourth-order valence-electron chi connectivity index (χ4n) is 0.853. The standard InChI is InChI=1S/C8H16O2/c1-3-5-8(4-2,6-9)7-10/h3,9-10H,1,4-7H2,2H3. The Kier molecular flexibility index (Phi) is 4.32. The minimum atomic E-state index is -0.332. The SMILES string of the molecule is C=CCC(CC)(CO)CO. The van der Waals surface area contributed by atoms with E-state index in [-0.39, 0.29) is 18.6 Å². The summed E-state index contributed by atoms with van der Waals surface area (Å²) in [5.74, 6) is 0. The van der Waals surface area contributed by atoms with Gasteiger partial charge in [-0.3, -0.25) is 0 Å². The van der Waals surface area contributed by atoms with Gasteiger partial charge in [0.1, 0.15) is 0 Å². The van der Waals surface area contributed by atoms with Crippen LogP contribution in [0.1, 0.15) is 19.8 Å². The molecule has 0 fully saturated rings. The minimum absolute atomic E-state index is 0.0337. The third kappa shape index (κ3) is 2.12. The number of hydrogen-bond acceptors (Lipinski definition) is 2. The van der Waals surface area contributed by atoms with Crippen LogP contribution in [0.2, 0.25) is 0 Å². The molecule has 0 unspecified atom stereocenters. The molecule has 10 heavy (non-hydrogen) atoms. The van der Waals surface area contributed by atoms with Crippen LogP contribution in [0.15, 0.2) is 12.7 Å². The van der Waals surface area contributed by atoms with Crippen LogP contribution >= 0.6 is 0 Å². The molecule has 0 amide bonds. The zero-order valence-corrected chi connectivity index (χ0v) is 6.51. The molecule has 0 saturated heterocycles. The van der Waals surface area contributed by atoms with Crippen molar-refractivity contribution in [3.63, 3.8) is 0 Å². The quantitative estimate of drug-likeness (QED) is 0.564. The van der Waals surface area contributed by atoms with Crippen LogP contribution in [0.4, 0.5) is 0 Å². The van der Waals surface area contributed by atoms with Crippen molar-refractivity contribution in [1.82, 2.24) is 0 Å². The number of hydrogen-bond donors (Lipinski definition) is 2. The highest BCUT2D eigenvalue weighted by Gasteiger charge is 2.24.